The second kappa shape index (κ2) is 9.10. The number of aryl methyl sites for hydroxylation is 1. The maximum atomic E-state index is 13.9. The Bertz CT molecular complexity index is 1620. The van der Waals surface area contributed by atoms with E-state index in [9.17, 15) is 9.59 Å². The third-order valence-electron chi connectivity index (χ3n) is 7.20. The number of hydrogen-bond acceptors (Lipinski definition) is 2. The molecule has 0 saturated heterocycles. The molecule has 4 aromatic carbocycles. The van der Waals surface area contributed by atoms with E-state index >= 15 is 0 Å². The molecule has 2 N–H and O–H groups in total. The van der Waals surface area contributed by atoms with Crippen molar-refractivity contribution >= 4 is 28.4 Å². The number of aromatic nitrogens is 1. The SMILES string of the molecule is Cc1ccc(NC(=O)C(C)N2C(=O)c3ccccc3C2c2c(-c3ccccc3)[nH]c3ccccc23)cc1. The smallest absolute Gasteiger partial charge is 0.255 e. The zero-order valence-electron chi connectivity index (χ0n) is 20.7. The molecule has 0 aliphatic carbocycles. The maximum absolute atomic E-state index is 13.9. The fraction of sp³-hybridized carbons (Fsp3) is 0.125. The molecule has 2 amide bonds. The third kappa shape index (κ3) is 3.89. The zero-order chi connectivity index (χ0) is 25.5. The second-order valence-corrected chi connectivity index (χ2v) is 9.56. The number of nitrogens with one attached hydrogen (secondary N) is 2. The first kappa shape index (κ1) is 22.8. The van der Waals surface area contributed by atoms with Crippen molar-refractivity contribution in [3.63, 3.8) is 0 Å². The van der Waals surface area contributed by atoms with Gasteiger partial charge in [-0.1, -0.05) is 84.4 Å². The van der Waals surface area contributed by atoms with Crippen LogP contribution < -0.4 is 5.32 Å². The molecule has 1 aliphatic rings. The van der Waals surface area contributed by atoms with E-state index in [2.05, 4.69) is 28.5 Å². The van der Waals surface area contributed by atoms with Crippen LogP contribution in [0.3, 0.4) is 0 Å². The van der Waals surface area contributed by atoms with Gasteiger partial charge in [-0.05, 0) is 49.2 Å². The van der Waals surface area contributed by atoms with Gasteiger partial charge in [0.2, 0.25) is 5.91 Å². The van der Waals surface area contributed by atoms with E-state index in [1.165, 1.54) is 0 Å². The number of benzene rings is 4. The Hall–Kier alpha value is -4.64. The highest BCUT2D eigenvalue weighted by molar-refractivity contribution is 6.06. The number of carbonyl (C=O) groups is 2. The van der Waals surface area contributed by atoms with Crippen LogP contribution in [0.4, 0.5) is 5.69 Å². The minimum Gasteiger partial charge on any atom is -0.354 e. The normalized spacial score (nSPS) is 15.6. The maximum Gasteiger partial charge on any atom is 0.255 e. The van der Waals surface area contributed by atoms with Crippen LogP contribution >= 0.6 is 0 Å². The molecular weight excluding hydrogens is 458 g/mol. The van der Waals surface area contributed by atoms with Crippen molar-refractivity contribution in [3.05, 3.63) is 125 Å². The van der Waals surface area contributed by atoms with Gasteiger partial charge in [-0.15, -0.1) is 0 Å². The predicted octanol–water partition coefficient (Wildman–Crippen LogP) is 6.72. The van der Waals surface area contributed by atoms with Gasteiger partial charge in [-0.2, -0.15) is 0 Å². The van der Waals surface area contributed by atoms with Gasteiger partial charge >= 0.3 is 0 Å². The summed E-state index contributed by atoms with van der Waals surface area (Å²) in [5, 5.41) is 4.04. The minimum absolute atomic E-state index is 0.142. The van der Waals surface area contributed by atoms with Crippen molar-refractivity contribution < 1.29 is 9.59 Å². The lowest BCUT2D eigenvalue weighted by molar-refractivity contribution is -0.120. The molecule has 5 heteroatoms. The summed E-state index contributed by atoms with van der Waals surface area (Å²) in [5.74, 6) is -0.368. The fourth-order valence-electron chi connectivity index (χ4n) is 5.32. The molecule has 0 radical (unpaired) electrons. The third-order valence-corrected chi connectivity index (χ3v) is 7.20. The van der Waals surface area contributed by atoms with Crippen molar-refractivity contribution in [2.24, 2.45) is 0 Å². The average Bonchev–Trinajstić information content (AvgIpc) is 3.45. The van der Waals surface area contributed by atoms with Crippen LogP contribution in [0.5, 0.6) is 0 Å². The van der Waals surface area contributed by atoms with Crippen LogP contribution in [-0.2, 0) is 4.79 Å². The van der Waals surface area contributed by atoms with Crippen molar-refractivity contribution in [1.82, 2.24) is 9.88 Å². The molecule has 1 aliphatic heterocycles. The Balaban J connectivity index is 1.50. The van der Waals surface area contributed by atoms with Crippen LogP contribution in [0.15, 0.2) is 103 Å². The molecule has 5 aromatic rings. The molecule has 2 atom stereocenters. The molecule has 6 rings (SSSR count). The van der Waals surface area contributed by atoms with Gasteiger partial charge in [0.25, 0.3) is 5.91 Å². The molecule has 2 unspecified atom stereocenters. The van der Waals surface area contributed by atoms with Crippen molar-refractivity contribution in [3.8, 4) is 11.3 Å². The Morgan fingerprint density at radius 2 is 1.54 bits per heavy atom. The first-order valence-corrected chi connectivity index (χ1v) is 12.5. The van der Waals surface area contributed by atoms with Crippen LogP contribution in [-0.4, -0.2) is 27.7 Å². The van der Waals surface area contributed by atoms with E-state index < -0.39 is 12.1 Å². The molecule has 0 spiro atoms. The largest absolute Gasteiger partial charge is 0.354 e. The second-order valence-electron chi connectivity index (χ2n) is 9.56. The number of carbonyl (C=O) groups excluding carboxylic acids is 2. The van der Waals surface area contributed by atoms with Crippen molar-refractivity contribution in [2.75, 3.05) is 5.32 Å². The number of rotatable bonds is 5. The lowest BCUT2D eigenvalue weighted by Crippen LogP contribution is -2.44. The van der Waals surface area contributed by atoms with E-state index in [-0.39, 0.29) is 11.8 Å². The number of nitrogens with zero attached hydrogens (tertiary/aromatic N) is 1. The highest BCUT2D eigenvalue weighted by atomic mass is 16.2. The fourth-order valence-corrected chi connectivity index (χ4v) is 5.32. The molecule has 5 nitrogen and oxygen atoms in total. The molecular formula is C32H27N3O2. The van der Waals surface area contributed by atoms with Gasteiger partial charge in [0.15, 0.2) is 0 Å². The Labute approximate surface area is 215 Å². The van der Waals surface area contributed by atoms with E-state index in [1.807, 2.05) is 91.9 Å². The van der Waals surface area contributed by atoms with E-state index in [0.29, 0.717) is 11.3 Å². The molecule has 0 fully saturated rings. The Kier molecular flexibility index (Phi) is 5.61. The summed E-state index contributed by atoms with van der Waals surface area (Å²) in [7, 11) is 0. The summed E-state index contributed by atoms with van der Waals surface area (Å²) in [6, 6.07) is 32.5. The summed E-state index contributed by atoms with van der Waals surface area (Å²) in [6.45, 7) is 3.81. The summed E-state index contributed by atoms with van der Waals surface area (Å²) in [5.41, 5.74) is 7.33. The van der Waals surface area contributed by atoms with Gasteiger partial charge in [0, 0.05) is 27.7 Å². The first-order valence-electron chi connectivity index (χ1n) is 12.5. The monoisotopic (exact) mass is 485 g/mol. The predicted molar refractivity (Wildman–Crippen MR) is 147 cm³/mol. The number of para-hydroxylation sites is 1. The van der Waals surface area contributed by atoms with E-state index in [4.69, 9.17) is 0 Å². The highest BCUT2D eigenvalue weighted by Gasteiger charge is 2.44. The highest BCUT2D eigenvalue weighted by Crippen LogP contribution is 2.46. The van der Waals surface area contributed by atoms with Crippen LogP contribution in [0.1, 0.15) is 40.0 Å². The van der Waals surface area contributed by atoms with E-state index in [0.717, 1.165) is 38.9 Å². The molecule has 0 bridgehead atoms. The van der Waals surface area contributed by atoms with Gasteiger partial charge in [-0.3, -0.25) is 9.59 Å². The van der Waals surface area contributed by atoms with Crippen LogP contribution in [0.2, 0.25) is 0 Å². The van der Waals surface area contributed by atoms with Gasteiger partial charge in [-0.25, -0.2) is 0 Å². The standard InChI is InChI=1S/C32H27N3O2/c1-20-16-18-23(19-17-20)33-31(36)21(2)35-30(24-12-6-7-13-25(24)32(35)37)28-26-14-8-9-15-27(26)34-29(28)22-10-4-3-5-11-22/h3-19,21,30,34H,1-2H3,(H,33,36). The summed E-state index contributed by atoms with van der Waals surface area (Å²) in [6.07, 6.45) is 0. The van der Waals surface area contributed by atoms with E-state index in [1.54, 1.807) is 11.8 Å². The minimum atomic E-state index is -0.705. The number of aromatic amines is 1. The van der Waals surface area contributed by atoms with Crippen molar-refractivity contribution in [1.29, 1.82) is 0 Å². The number of amides is 2. The van der Waals surface area contributed by atoms with Gasteiger partial charge < -0.3 is 15.2 Å². The Morgan fingerprint density at radius 1 is 0.865 bits per heavy atom. The molecule has 1 aromatic heterocycles. The van der Waals surface area contributed by atoms with Crippen molar-refractivity contribution in [2.45, 2.75) is 25.9 Å². The molecule has 0 saturated carbocycles. The lowest BCUT2D eigenvalue weighted by Gasteiger charge is -2.31. The Morgan fingerprint density at radius 3 is 2.32 bits per heavy atom. The average molecular weight is 486 g/mol. The first-order chi connectivity index (χ1) is 18.0. The summed E-state index contributed by atoms with van der Waals surface area (Å²) >= 11 is 0. The quantitative estimate of drug-likeness (QED) is 0.290. The van der Waals surface area contributed by atoms with Crippen LogP contribution in [0.25, 0.3) is 22.2 Å². The number of anilines is 1. The summed E-state index contributed by atoms with van der Waals surface area (Å²) in [4.78, 5) is 32.7. The zero-order valence-corrected chi connectivity index (χ0v) is 20.7. The van der Waals surface area contributed by atoms with Gasteiger partial charge in [0.05, 0.1) is 11.7 Å². The molecule has 37 heavy (non-hydrogen) atoms. The topological polar surface area (TPSA) is 65.2 Å². The lowest BCUT2D eigenvalue weighted by atomic mass is 9.92. The van der Waals surface area contributed by atoms with Crippen LogP contribution in [0, 0.1) is 6.92 Å². The summed E-state index contributed by atoms with van der Waals surface area (Å²) < 4.78 is 0. The number of fused-ring (bicyclic) bond motifs is 2. The number of hydrogen-bond donors (Lipinski definition) is 2. The molecule has 182 valence electrons. The molecule has 2 heterocycles. The van der Waals surface area contributed by atoms with Gasteiger partial charge in [0.1, 0.15) is 6.04 Å². The number of H-pyrrole nitrogens is 1.